The molecule has 0 aromatic heterocycles. The topological polar surface area (TPSA) is 33.5 Å². The maximum Gasteiger partial charge on any atom is 0.282 e. The van der Waals surface area contributed by atoms with Gasteiger partial charge in [-0.25, -0.2) is 0 Å². The Morgan fingerprint density at radius 2 is 1.91 bits per heavy atom. The van der Waals surface area contributed by atoms with Gasteiger partial charge in [-0.1, -0.05) is 41.9 Å². The Labute approximate surface area is 142 Å². The summed E-state index contributed by atoms with van der Waals surface area (Å²) in [5, 5.41) is 3.70. The number of fused-ring (bicyclic) bond motifs is 1. The fourth-order valence-electron chi connectivity index (χ4n) is 3.14. The Hall–Kier alpha value is -1.84. The van der Waals surface area contributed by atoms with Gasteiger partial charge in [-0.05, 0) is 37.1 Å². The molecule has 3 rings (SSSR count). The van der Waals surface area contributed by atoms with E-state index in [2.05, 4.69) is 29.6 Å². The van der Waals surface area contributed by atoms with Crippen LogP contribution in [-0.4, -0.2) is 18.5 Å². The van der Waals surface area contributed by atoms with E-state index in [1.54, 1.807) is 0 Å². The second-order valence-electron chi connectivity index (χ2n) is 6.23. The zero-order valence-electron chi connectivity index (χ0n) is 13.5. The van der Waals surface area contributed by atoms with E-state index in [0.717, 1.165) is 30.8 Å². The molecule has 2 atom stereocenters. The van der Waals surface area contributed by atoms with Gasteiger partial charge in [-0.15, -0.1) is 0 Å². The second-order valence-corrected chi connectivity index (χ2v) is 6.63. The first kappa shape index (κ1) is 16.0. The van der Waals surface area contributed by atoms with Crippen LogP contribution in [0.3, 0.4) is 0 Å². The Bertz CT molecular complexity index is 729. The van der Waals surface area contributed by atoms with Crippen molar-refractivity contribution in [2.75, 3.05) is 11.9 Å². The monoisotopic (exact) mass is 329 g/mol. The molecular weight excluding hydrogens is 308 g/mol. The molecule has 3 nitrogen and oxygen atoms in total. The largest absolute Gasteiger partial charge is 0.321 e. The molecule has 120 valence electrons. The number of anilines is 1. The number of hydrogen-bond donors (Lipinski definition) is 2. The van der Waals surface area contributed by atoms with Gasteiger partial charge >= 0.3 is 0 Å². The molecule has 0 spiro atoms. The van der Waals surface area contributed by atoms with Gasteiger partial charge in [0.15, 0.2) is 6.04 Å². The number of amides is 1. The molecule has 1 aliphatic rings. The van der Waals surface area contributed by atoms with E-state index in [-0.39, 0.29) is 11.9 Å². The number of carbonyl (C=O) groups is 1. The van der Waals surface area contributed by atoms with Gasteiger partial charge in [0.25, 0.3) is 5.91 Å². The smallest absolute Gasteiger partial charge is 0.282 e. The lowest BCUT2D eigenvalue weighted by Gasteiger charge is -2.30. The summed E-state index contributed by atoms with van der Waals surface area (Å²) in [6.07, 6.45) is 1.03. The molecule has 23 heavy (non-hydrogen) atoms. The Morgan fingerprint density at radius 1 is 1.17 bits per heavy atom. The highest BCUT2D eigenvalue weighted by Crippen LogP contribution is 2.23. The zero-order valence-corrected chi connectivity index (χ0v) is 14.3. The fourth-order valence-corrected chi connectivity index (χ4v) is 3.32. The molecule has 2 N–H and O–H groups in total. The third-order valence-electron chi connectivity index (χ3n) is 4.78. The average Bonchev–Trinajstić information content (AvgIpc) is 2.57. The summed E-state index contributed by atoms with van der Waals surface area (Å²) in [6.45, 7) is 5.81. The molecule has 2 aromatic carbocycles. The first-order valence-corrected chi connectivity index (χ1v) is 8.41. The summed E-state index contributed by atoms with van der Waals surface area (Å²) < 4.78 is 0. The summed E-state index contributed by atoms with van der Waals surface area (Å²) in [6, 6.07) is 14.0. The van der Waals surface area contributed by atoms with Gasteiger partial charge in [0.05, 0.1) is 6.54 Å². The maximum atomic E-state index is 12.6. The predicted molar refractivity (Wildman–Crippen MR) is 94.0 cm³/mol. The van der Waals surface area contributed by atoms with Crippen molar-refractivity contribution in [1.29, 1.82) is 0 Å². The summed E-state index contributed by atoms with van der Waals surface area (Å²) in [7, 11) is 0. The fraction of sp³-hybridized carbons (Fsp3) is 0.316. The van der Waals surface area contributed by atoms with Crippen molar-refractivity contribution in [1.82, 2.24) is 0 Å². The molecular formula is C19H22ClN2O+. The van der Waals surface area contributed by atoms with E-state index < -0.39 is 0 Å². The zero-order chi connectivity index (χ0) is 16.4. The van der Waals surface area contributed by atoms with Crippen molar-refractivity contribution >= 4 is 23.2 Å². The lowest BCUT2D eigenvalue weighted by Crippen LogP contribution is -3.16. The number of rotatable bonds is 3. The normalized spacial score (nSPS) is 18.1. The number of halogens is 1. The first-order valence-electron chi connectivity index (χ1n) is 8.03. The number of nitrogens with one attached hydrogen (secondary N) is 2. The van der Waals surface area contributed by atoms with E-state index in [1.165, 1.54) is 16.0 Å². The van der Waals surface area contributed by atoms with Crippen LogP contribution in [0.4, 0.5) is 5.69 Å². The van der Waals surface area contributed by atoms with E-state index in [0.29, 0.717) is 5.02 Å². The molecule has 2 aromatic rings. The van der Waals surface area contributed by atoms with Crippen molar-refractivity contribution in [3.05, 3.63) is 64.2 Å². The van der Waals surface area contributed by atoms with E-state index >= 15 is 0 Å². The highest BCUT2D eigenvalue weighted by atomic mass is 35.5. The van der Waals surface area contributed by atoms with E-state index in [1.807, 2.05) is 32.0 Å². The van der Waals surface area contributed by atoms with Crippen LogP contribution in [0.25, 0.3) is 0 Å². The highest BCUT2D eigenvalue weighted by Gasteiger charge is 2.29. The molecule has 0 saturated heterocycles. The lowest BCUT2D eigenvalue weighted by molar-refractivity contribution is -0.929. The van der Waals surface area contributed by atoms with Crippen LogP contribution < -0.4 is 10.2 Å². The molecule has 1 amide bonds. The van der Waals surface area contributed by atoms with Crippen molar-refractivity contribution in [2.24, 2.45) is 0 Å². The highest BCUT2D eigenvalue weighted by molar-refractivity contribution is 6.31. The predicted octanol–water partition coefficient (Wildman–Crippen LogP) is 2.62. The van der Waals surface area contributed by atoms with E-state index in [4.69, 9.17) is 11.6 Å². The van der Waals surface area contributed by atoms with Crippen LogP contribution in [0.5, 0.6) is 0 Å². The second kappa shape index (κ2) is 6.73. The van der Waals surface area contributed by atoms with Crippen LogP contribution in [0.1, 0.15) is 23.6 Å². The van der Waals surface area contributed by atoms with Crippen molar-refractivity contribution < 1.29 is 9.69 Å². The minimum atomic E-state index is -0.0956. The molecule has 1 heterocycles. The average molecular weight is 330 g/mol. The Morgan fingerprint density at radius 3 is 2.70 bits per heavy atom. The van der Waals surface area contributed by atoms with Crippen molar-refractivity contribution in [3.63, 3.8) is 0 Å². The third-order valence-corrected chi connectivity index (χ3v) is 5.19. The number of carbonyl (C=O) groups excluding carboxylic acids is 1. The summed E-state index contributed by atoms with van der Waals surface area (Å²) >= 11 is 6.13. The number of quaternary nitrogens is 1. The minimum absolute atomic E-state index is 0.0461. The van der Waals surface area contributed by atoms with Crippen LogP contribution >= 0.6 is 11.6 Å². The Balaban J connectivity index is 1.70. The van der Waals surface area contributed by atoms with Crippen LogP contribution in [0.2, 0.25) is 5.02 Å². The molecule has 1 unspecified atom stereocenters. The standard InChI is InChI=1S/C19H21ClN2O/c1-13-17(20)8-5-9-18(13)21-19(23)14(2)22-11-10-15-6-3-4-7-16(15)12-22/h3-9,14H,10-12H2,1-2H3,(H,21,23)/p+1/t14-/m1/s1. The van der Waals surface area contributed by atoms with E-state index in [9.17, 15) is 4.79 Å². The lowest BCUT2D eigenvalue weighted by atomic mass is 9.98. The number of benzene rings is 2. The molecule has 0 radical (unpaired) electrons. The van der Waals surface area contributed by atoms with Crippen LogP contribution in [-0.2, 0) is 17.8 Å². The quantitative estimate of drug-likeness (QED) is 0.891. The molecule has 1 aliphatic heterocycles. The van der Waals surface area contributed by atoms with Gasteiger partial charge in [-0.2, -0.15) is 0 Å². The Kier molecular flexibility index (Phi) is 4.69. The minimum Gasteiger partial charge on any atom is -0.321 e. The van der Waals surface area contributed by atoms with Gasteiger partial charge in [0.1, 0.15) is 6.54 Å². The molecule has 4 heteroatoms. The van der Waals surface area contributed by atoms with Crippen LogP contribution in [0, 0.1) is 6.92 Å². The summed E-state index contributed by atoms with van der Waals surface area (Å²) in [4.78, 5) is 13.9. The molecule has 0 fully saturated rings. The van der Waals surface area contributed by atoms with Crippen molar-refractivity contribution in [2.45, 2.75) is 32.9 Å². The maximum absolute atomic E-state index is 12.6. The van der Waals surface area contributed by atoms with Gasteiger partial charge in [0, 0.05) is 22.7 Å². The summed E-state index contributed by atoms with van der Waals surface area (Å²) in [5.74, 6) is 0.0461. The van der Waals surface area contributed by atoms with Crippen LogP contribution in [0.15, 0.2) is 42.5 Å². The number of hydrogen-bond acceptors (Lipinski definition) is 1. The molecule has 0 bridgehead atoms. The first-order chi connectivity index (χ1) is 11.1. The molecule has 0 aliphatic carbocycles. The third kappa shape index (κ3) is 3.41. The molecule has 0 saturated carbocycles. The van der Waals surface area contributed by atoms with Gasteiger partial charge < -0.3 is 10.2 Å². The van der Waals surface area contributed by atoms with Crippen molar-refractivity contribution in [3.8, 4) is 0 Å². The van der Waals surface area contributed by atoms with Gasteiger partial charge in [0.2, 0.25) is 0 Å². The van der Waals surface area contributed by atoms with Gasteiger partial charge in [-0.3, -0.25) is 4.79 Å². The summed E-state index contributed by atoms with van der Waals surface area (Å²) in [5.41, 5.74) is 4.47. The SMILES string of the molecule is Cc1c(Cl)cccc1NC(=O)[C@@H](C)[NH+]1CCc2ccccc2C1.